The molecule has 0 aromatic heterocycles. The predicted molar refractivity (Wildman–Crippen MR) is 92.4 cm³/mol. The van der Waals surface area contributed by atoms with Crippen LogP contribution in [0.3, 0.4) is 0 Å². The Kier molecular flexibility index (Phi) is 6.22. The first-order valence-electron chi connectivity index (χ1n) is 7.58. The predicted octanol–water partition coefficient (Wildman–Crippen LogP) is 4.40. The molecule has 0 saturated heterocycles. The Hall–Kier alpha value is -1.56. The fraction of sp³-hybridized carbons (Fsp3) is 0.529. The lowest BCUT2D eigenvalue weighted by molar-refractivity contribution is -0.152. The van der Waals surface area contributed by atoms with E-state index in [1.54, 1.807) is 52.8 Å². The minimum atomic E-state index is -1.47. The van der Waals surface area contributed by atoms with E-state index in [0.29, 0.717) is 5.56 Å². The fourth-order valence-corrected chi connectivity index (χ4v) is 2.96. The van der Waals surface area contributed by atoms with E-state index in [9.17, 15) is 14.7 Å². The number of ether oxygens (including phenoxy) is 1. The summed E-state index contributed by atoms with van der Waals surface area (Å²) in [7, 11) is 0. The van der Waals surface area contributed by atoms with Crippen LogP contribution in [-0.4, -0.2) is 34.2 Å². The summed E-state index contributed by atoms with van der Waals surface area (Å²) < 4.78 is 6.17. The van der Waals surface area contributed by atoms with Crippen molar-refractivity contribution in [1.82, 2.24) is 4.90 Å². The number of halogens is 1. The highest BCUT2D eigenvalue weighted by molar-refractivity contribution is 9.10. The SMILES string of the molecule is CCN(C(=O)OC(C)(C)C)C(CC)(C(=O)O)c1cccc(Br)c1. The quantitative estimate of drug-likeness (QED) is 0.815. The third-order valence-corrected chi connectivity index (χ3v) is 4.05. The Labute approximate surface area is 145 Å². The molecule has 0 aliphatic heterocycles. The van der Waals surface area contributed by atoms with Gasteiger partial charge in [-0.2, -0.15) is 0 Å². The zero-order valence-corrected chi connectivity index (χ0v) is 15.8. The molecule has 1 N–H and O–H groups in total. The normalized spacial score (nSPS) is 14.0. The molecule has 0 saturated carbocycles. The summed E-state index contributed by atoms with van der Waals surface area (Å²) in [5, 5.41) is 9.95. The number of aliphatic carboxylic acids is 1. The van der Waals surface area contributed by atoms with E-state index in [2.05, 4.69) is 15.9 Å². The minimum absolute atomic E-state index is 0.224. The zero-order valence-electron chi connectivity index (χ0n) is 14.2. The smallest absolute Gasteiger partial charge is 0.411 e. The van der Waals surface area contributed by atoms with E-state index in [1.165, 1.54) is 4.90 Å². The third kappa shape index (κ3) is 4.25. The summed E-state index contributed by atoms with van der Waals surface area (Å²) in [4.78, 5) is 26.0. The van der Waals surface area contributed by atoms with Crippen molar-refractivity contribution in [2.45, 2.75) is 52.2 Å². The highest BCUT2D eigenvalue weighted by Gasteiger charge is 2.47. The topological polar surface area (TPSA) is 66.8 Å². The van der Waals surface area contributed by atoms with Crippen molar-refractivity contribution in [3.05, 3.63) is 34.3 Å². The Balaban J connectivity index is 3.44. The molecule has 0 spiro atoms. The van der Waals surface area contributed by atoms with Crippen LogP contribution in [0, 0.1) is 0 Å². The second kappa shape index (κ2) is 7.34. The molecule has 0 aliphatic carbocycles. The second-order valence-electron chi connectivity index (χ2n) is 6.25. The van der Waals surface area contributed by atoms with Crippen LogP contribution in [-0.2, 0) is 15.1 Å². The lowest BCUT2D eigenvalue weighted by Gasteiger charge is -2.40. The van der Waals surface area contributed by atoms with Crippen molar-refractivity contribution in [3.8, 4) is 0 Å². The summed E-state index contributed by atoms with van der Waals surface area (Å²) in [5.41, 5.74) is -1.63. The fourth-order valence-electron chi connectivity index (χ4n) is 2.56. The van der Waals surface area contributed by atoms with Gasteiger partial charge in [0.05, 0.1) is 0 Å². The van der Waals surface area contributed by atoms with E-state index in [4.69, 9.17) is 4.74 Å². The summed E-state index contributed by atoms with van der Waals surface area (Å²) in [6.07, 6.45) is -0.407. The average molecular weight is 386 g/mol. The monoisotopic (exact) mass is 385 g/mol. The Morgan fingerprint density at radius 1 is 1.26 bits per heavy atom. The van der Waals surface area contributed by atoms with Crippen LogP contribution in [0.2, 0.25) is 0 Å². The van der Waals surface area contributed by atoms with Gasteiger partial charge in [0.25, 0.3) is 0 Å². The molecule has 1 aromatic rings. The van der Waals surface area contributed by atoms with Crippen LogP contribution in [0.4, 0.5) is 4.79 Å². The van der Waals surface area contributed by atoms with Gasteiger partial charge in [-0.25, -0.2) is 9.59 Å². The van der Waals surface area contributed by atoms with Gasteiger partial charge in [-0.3, -0.25) is 4.90 Å². The molecular weight excluding hydrogens is 362 g/mol. The van der Waals surface area contributed by atoms with E-state index >= 15 is 0 Å². The molecule has 1 unspecified atom stereocenters. The maximum Gasteiger partial charge on any atom is 0.411 e. The maximum absolute atomic E-state index is 12.6. The molecule has 1 atom stereocenters. The minimum Gasteiger partial charge on any atom is -0.479 e. The first kappa shape index (κ1) is 19.5. The summed E-state index contributed by atoms with van der Waals surface area (Å²) in [6.45, 7) is 8.99. The molecule has 0 heterocycles. The number of carboxylic acid groups (broad SMARTS) is 1. The molecule has 0 bridgehead atoms. The van der Waals surface area contributed by atoms with Crippen molar-refractivity contribution >= 4 is 28.0 Å². The number of rotatable bonds is 5. The van der Waals surface area contributed by atoms with Gasteiger partial charge < -0.3 is 9.84 Å². The zero-order chi connectivity index (χ0) is 17.8. The van der Waals surface area contributed by atoms with Crippen LogP contribution in [0.1, 0.15) is 46.6 Å². The molecule has 1 aromatic carbocycles. The number of carbonyl (C=O) groups is 2. The first-order valence-corrected chi connectivity index (χ1v) is 8.37. The van der Waals surface area contributed by atoms with Gasteiger partial charge in [0.15, 0.2) is 5.54 Å². The second-order valence-corrected chi connectivity index (χ2v) is 7.17. The van der Waals surface area contributed by atoms with Gasteiger partial charge in [-0.1, -0.05) is 35.0 Å². The van der Waals surface area contributed by atoms with Crippen LogP contribution in [0.25, 0.3) is 0 Å². The van der Waals surface area contributed by atoms with Crippen LogP contribution < -0.4 is 0 Å². The van der Waals surface area contributed by atoms with Crippen molar-refractivity contribution in [2.75, 3.05) is 6.54 Å². The standard InChI is InChI=1S/C17H24BrNO4/c1-6-17(14(20)21,12-9-8-10-13(18)11-12)19(7-2)15(22)23-16(3,4)5/h8-11H,6-7H2,1-5H3,(H,20,21). The lowest BCUT2D eigenvalue weighted by Crippen LogP contribution is -2.55. The van der Waals surface area contributed by atoms with Gasteiger partial charge in [-0.15, -0.1) is 0 Å². The van der Waals surface area contributed by atoms with E-state index in [0.717, 1.165) is 4.47 Å². The van der Waals surface area contributed by atoms with Gasteiger partial charge >= 0.3 is 12.1 Å². The highest BCUT2D eigenvalue weighted by Crippen LogP contribution is 2.35. The molecule has 0 fully saturated rings. The molecule has 6 heteroatoms. The molecule has 23 heavy (non-hydrogen) atoms. The number of hydrogen-bond acceptors (Lipinski definition) is 3. The van der Waals surface area contributed by atoms with Crippen molar-refractivity contribution < 1.29 is 19.4 Å². The van der Waals surface area contributed by atoms with Gasteiger partial charge in [0, 0.05) is 11.0 Å². The van der Waals surface area contributed by atoms with Crippen LogP contribution in [0.5, 0.6) is 0 Å². The summed E-state index contributed by atoms with van der Waals surface area (Å²) in [5.74, 6) is -1.08. The Morgan fingerprint density at radius 2 is 1.87 bits per heavy atom. The number of carbonyl (C=O) groups excluding carboxylic acids is 1. The molecular formula is C17H24BrNO4. The lowest BCUT2D eigenvalue weighted by atomic mass is 9.85. The third-order valence-electron chi connectivity index (χ3n) is 3.56. The first-order chi connectivity index (χ1) is 10.6. The van der Waals surface area contributed by atoms with Crippen molar-refractivity contribution in [3.63, 3.8) is 0 Å². The maximum atomic E-state index is 12.6. The summed E-state index contributed by atoms with van der Waals surface area (Å²) >= 11 is 3.36. The number of nitrogens with zero attached hydrogens (tertiary/aromatic N) is 1. The molecule has 1 amide bonds. The van der Waals surface area contributed by atoms with E-state index in [1.807, 2.05) is 6.07 Å². The molecule has 0 radical (unpaired) electrons. The van der Waals surface area contributed by atoms with E-state index < -0.39 is 23.2 Å². The van der Waals surface area contributed by atoms with Gasteiger partial charge in [0.1, 0.15) is 5.60 Å². The van der Waals surface area contributed by atoms with Gasteiger partial charge in [-0.05, 0) is 51.8 Å². The average Bonchev–Trinajstić information content (AvgIpc) is 2.42. The van der Waals surface area contributed by atoms with Gasteiger partial charge in [0.2, 0.25) is 0 Å². The molecule has 1 rings (SSSR count). The molecule has 128 valence electrons. The summed E-state index contributed by atoms with van der Waals surface area (Å²) in [6, 6.07) is 7.02. The Morgan fingerprint density at radius 3 is 2.26 bits per heavy atom. The number of benzene rings is 1. The highest BCUT2D eigenvalue weighted by atomic mass is 79.9. The largest absolute Gasteiger partial charge is 0.479 e. The number of carboxylic acids is 1. The number of likely N-dealkylation sites (N-methyl/N-ethyl adjacent to an activating group) is 1. The molecule has 5 nitrogen and oxygen atoms in total. The van der Waals surface area contributed by atoms with Crippen LogP contribution >= 0.6 is 15.9 Å². The van der Waals surface area contributed by atoms with Crippen molar-refractivity contribution in [2.24, 2.45) is 0 Å². The van der Waals surface area contributed by atoms with Crippen molar-refractivity contribution in [1.29, 1.82) is 0 Å². The molecule has 0 aliphatic rings. The van der Waals surface area contributed by atoms with Crippen LogP contribution in [0.15, 0.2) is 28.7 Å². The van der Waals surface area contributed by atoms with E-state index in [-0.39, 0.29) is 13.0 Å². The number of hydrogen-bond donors (Lipinski definition) is 1. The Bertz CT molecular complexity index is 582. The number of amides is 1.